The maximum atomic E-state index is 13.1. The van der Waals surface area contributed by atoms with Crippen LogP contribution in [-0.4, -0.2) is 37.6 Å². The van der Waals surface area contributed by atoms with E-state index in [1.165, 1.54) is 18.5 Å². The molecule has 0 atom stereocenters. The summed E-state index contributed by atoms with van der Waals surface area (Å²) in [4.78, 5) is 27.6. The fourth-order valence-electron chi connectivity index (χ4n) is 3.95. The van der Waals surface area contributed by atoms with Crippen LogP contribution in [0.15, 0.2) is 60.7 Å². The Morgan fingerprint density at radius 2 is 1.62 bits per heavy atom. The maximum absolute atomic E-state index is 13.1. The quantitative estimate of drug-likeness (QED) is 0.574. The van der Waals surface area contributed by atoms with Crippen molar-refractivity contribution >= 4 is 34.0 Å². The third kappa shape index (κ3) is 5.19. The highest BCUT2D eigenvalue weighted by atomic mass is 16.5. The first-order valence-electron chi connectivity index (χ1n) is 11.1. The predicted octanol–water partition coefficient (Wildman–Crippen LogP) is 4.60. The first-order valence-corrected chi connectivity index (χ1v) is 11.1. The monoisotopic (exact) mass is 431 g/mol. The molecule has 3 aromatic carbocycles. The van der Waals surface area contributed by atoms with Crippen molar-refractivity contribution in [1.29, 1.82) is 0 Å². The third-order valence-electron chi connectivity index (χ3n) is 5.50. The second-order valence-corrected chi connectivity index (χ2v) is 8.40. The van der Waals surface area contributed by atoms with Gasteiger partial charge in [0.05, 0.1) is 5.56 Å². The van der Waals surface area contributed by atoms with E-state index < -0.39 is 0 Å². The Bertz CT molecular complexity index is 1100. The largest absolute Gasteiger partial charge is 0.483 e. The highest BCUT2D eigenvalue weighted by molar-refractivity contribution is 6.08. The standard InChI is InChI=1S/C26H29N3O3/c1-18(2)27-25(30)17-32-24-16-20-8-4-3-7-19(20)15-23(24)26(31)28-21-9-11-22(12-10-21)29-13-5-6-14-29/h3-4,7-12,15-16,18H,5-6,13-14,17H2,1-2H3,(H,27,30)(H,28,31). The van der Waals surface area contributed by atoms with Gasteiger partial charge in [-0.15, -0.1) is 0 Å². The van der Waals surface area contributed by atoms with Crippen LogP contribution in [-0.2, 0) is 4.79 Å². The van der Waals surface area contributed by atoms with Crippen LogP contribution in [0.4, 0.5) is 11.4 Å². The Morgan fingerprint density at radius 1 is 0.969 bits per heavy atom. The van der Waals surface area contributed by atoms with Gasteiger partial charge in [-0.3, -0.25) is 9.59 Å². The average molecular weight is 432 g/mol. The molecule has 0 spiro atoms. The van der Waals surface area contributed by atoms with Crippen LogP contribution < -0.4 is 20.3 Å². The first-order chi connectivity index (χ1) is 15.5. The predicted molar refractivity (Wildman–Crippen MR) is 129 cm³/mol. The van der Waals surface area contributed by atoms with Gasteiger partial charge in [0.25, 0.3) is 11.8 Å². The van der Waals surface area contributed by atoms with E-state index in [4.69, 9.17) is 4.74 Å². The van der Waals surface area contributed by atoms with E-state index >= 15 is 0 Å². The lowest BCUT2D eigenvalue weighted by molar-refractivity contribution is -0.123. The van der Waals surface area contributed by atoms with E-state index in [0.717, 1.165) is 29.5 Å². The summed E-state index contributed by atoms with van der Waals surface area (Å²) in [5, 5.41) is 7.64. The number of hydrogen-bond donors (Lipinski definition) is 2. The lowest BCUT2D eigenvalue weighted by Crippen LogP contribution is -2.34. The number of fused-ring (bicyclic) bond motifs is 1. The zero-order valence-electron chi connectivity index (χ0n) is 18.6. The minimum atomic E-state index is -0.274. The van der Waals surface area contributed by atoms with E-state index in [0.29, 0.717) is 11.3 Å². The number of amides is 2. The number of carbonyl (C=O) groups is 2. The van der Waals surface area contributed by atoms with Crippen LogP contribution in [0.5, 0.6) is 5.75 Å². The topological polar surface area (TPSA) is 70.7 Å². The summed E-state index contributed by atoms with van der Waals surface area (Å²) in [6.45, 7) is 5.78. The molecule has 0 aliphatic carbocycles. The molecule has 1 aliphatic rings. The molecule has 32 heavy (non-hydrogen) atoms. The molecule has 1 aliphatic heterocycles. The zero-order valence-corrected chi connectivity index (χ0v) is 18.6. The van der Waals surface area contributed by atoms with E-state index in [1.807, 2.05) is 68.4 Å². The van der Waals surface area contributed by atoms with Gasteiger partial charge in [0, 0.05) is 30.5 Å². The van der Waals surface area contributed by atoms with Crippen molar-refractivity contribution in [1.82, 2.24) is 5.32 Å². The summed E-state index contributed by atoms with van der Waals surface area (Å²) in [7, 11) is 0. The van der Waals surface area contributed by atoms with Gasteiger partial charge in [-0.05, 0) is 73.9 Å². The maximum Gasteiger partial charge on any atom is 0.259 e. The molecule has 0 saturated carbocycles. The molecule has 1 saturated heterocycles. The molecule has 0 radical (unpaired) electrons. The van der Waals surface area contributed by atoms with Crippen molar-refractivity contribution in [2.45, 2.75) is 32.7 Å². The Kier molecular flexibility index (Phi) is 6.59. The lowest BCUT2D eigenvalue weighted by Gasteiger charge is -2.18. The zero-order chi connectivity index (χ0) is 22.5. The SMILES string of the molecule is CC(C)NC(=O)COc1cc2ccccc2cc1C(=O)Nc1ccc(N2CCCC2)cc1. The minimum absolute atomic E-state index is 0.0222. The fourth-order valence-corrected chi connectivity index (χ4v) is 3.95. The van der Waals surface area contributed by atoms with Crippen molar-refractivity contribution in [3.63, 3.8) is 0 Å². The number of rotatable bonds is 7. The number of nitrogens with one attached hydrogen (secondary N) is 2. The second kappa shape index (κ2) is 9.73. The van der Waals surface area contributed by atoms with E-state index in [1.54, 1.807) is 6.07 Å². The summed E-state index contributed by atoms with van der Waals surface area (Å²) in [5.41, 5.74) is 2.28. The molecule has 166 valence electrons. The third-order valence-corrected chi connectivity index (χ3v) is 5.50. The van der Waals surface area contributed by atoms with E-state index in [-0.39, 0.29) is 24.5 Å². The average Bonchev–Trinajstić information content (AvgIpc) is 3.32. The Balaban J connectivity index is 1.54. The van der Waals surface area contributed by atoms with Crippen LogP contribution in [0.2, 0.25) is 0 Å². The number of anilines is 2. The smallest absolute Gasteiger partial charge is 0.259 e. The highest BCUT2D eigenvalue weighted by Crippen LogP contribution is 2.28. The Labute approximate surface area is 188 Å². The normalized spacial score (nSPS) is 13.4. The van der Waals surface area contributed by atoms with Gasteiger partial charge in [0.2, 0.25) is 0 Å². The molecule has 2 N–H and O–H groups in total. The van der Waals surface area contributed by atoms with Gasteiger partial charge in [0.15, 0.2) is 6.61 Å². The number of hydrogen-bond acceptors (Lipinski definition) is 4. The molecular weight excluding hydrogens is 402 g/mol. The summed E-state index contributed by atoms with van der Waals surface area (Å²) >= 11 is 0. The molecule has 6 heteroatoms. The van der Waals surface area contributed by atoms with Crippen LogP contribution in [0.25, 0.3) is 10.8 Å². The fraction of sp³-hybridized carbons (Fsp3) is 0.308. The molecular formula is C26H29N3O3. The van der Waals surface area contributed by atoms with E-state index in [2.05, 4.69) is 15.5 Å². The molecule has 1 heterocycles. The second-order valence-electron chi connectivity index (χ2n) is 8.40. The number of ether oxygens (including phenoxy) is 1. The lowest BCUT2D eigenvalue weighted by atomic mass is 10.1. The van der Waals surface area contributed by atoms with Gasteiger partial charge in [-0.2, -0.15) is 0 Å². The highest BCUT2D eigenvalue weighted by Gasteiger charge is 2.17. The summed E-state index contributed by atoms with van der Waals surface area (Å²) in [6, 6.07) is 19.3. The molecule has 4 rings (SSSR count). The molecule has 1 fully saturated rings. The first kappa shape index (κ1) is 21.7. The summed E-state index contributed by atoms with van der Waals surface area (Å²) in [6.07, 6.45) is 2.44. The molecule has 0 bridgehead atoms. The molecule has 3 aromatic rings. The van der Waals surface area contributed by atoms with Crippen molar-refractivity contribution < 1.29 is 14.3 Å². The number of nitrogens with zero attached hydrogens (tertiary/aromatic N) is 1. The van der Waals surface area contributed by atoms with Crippen molar-refractivity contribution in [3.8, 4) is 5.75 Å². The van der Waals surface area contributed by atoms with Crippen molar-refractivity contribution in [2.75, 3.05) is 29.9 Å². The Hall–Kier alpha value is -3.54. The van der Waals surface area contributed by atoms with Crippen LogP contribution in [0.1, 0.15) is 37.0 Å². The van der Waals surface area contributed by atoms with Gasteiger partial charge < -0.3 is 20.3 Å². The number of benzene rings is 3. The van der Waals surface area contributed by atoms with Gasteiger partial charge in [-0.1, -0.05) is 24.3 Å². The van der Waals surface area contributed by atoms with E-state index in [9.17, 15) is 9.59 Å². The molecule has 2 amide bonds. The molecule has 0 unspecified atom stereocenters. The minimum Gasteiger partial charge on any atom is -0.483 e. The summed E-state index contributed by atoms with van der Waals surface area (Å²) in [5.74, 6) is -0.116. The van der Waals surface area contributed by atoms with Gasteiger partial charge in [-0.25, -0.2) is 0 Å². The Morgan fingerprint density at radius 3 is 2.28 bits per heavy atom. The van der Waals surface area contributed by atoms with Gasteiger partial charge in [0.1, 0.15) is 5.75 Å². The van der Waals surface area contributed by atoms with Crippen LogP contribution in [0, 0.1) is 0 Å². The van der Waals surface area contributed by atoms with Crippen molar-refractivity contribution in [2.24, 2.45) is 0 Å². The van der Waals surface area contributed by atoms with Crippen LogP contribution >= 0.6 is 0 Å². The van der Waals surface area contributed by atoms with Gasteiger partial charge >= 0.3 is 0 Å². The van der Waals surface area contributed by atoms with Crippen LogP contribution in [0.3, 0.4) is 0 Å². The molecule has 0 aromatic heterocycles. The van der Waals surface area contributed by atoms with Crippen molar-refractivity contribution in [3.05, 3.63) is 66.2 Å². The summed E-state index contributed by atoms with van der Waals surface area (Å²) < 4.78 is 5.77. The molecule has 6 nitrogen and oxygen atoms in total. The number of carbonyl (C=O) groups excluding carboxylic acids is 2.